The van der Waals surface area contributed by atoms with E-state index in [0.717, 1.165) is 6.07 Å². The Morgan fingerprint density at radius 2 is 2.09 bits per heavy atom. The normalized spacial score (nSPS) is 24.6. The summed E-state index contributed by atoms with van der Waals surface area (Å²) in [5.41, 5.74) is 0.451. The van der Waals surface area contributed by atoms with E-state index in [1.165, 1.54) is 22.7 Å². The van der Waals surface area contributed by atoms with Gasteiger partial charge in [0.2, 0.25) is 10.0 Å². The second kappa shape index (κ2) is 7.23. The highest BCUT2D eigenvalue weighted by atomic mass is 32.2. The number of benzene rings is 1. The minimum Gasteiger partial charge on any atom is -0.307 e. The van der Waals surface area contributed by atoms with Crippen molar-refractivity contribution in [2.24, 2.45) is 5.92 Å². The minimum atomic E-state index is -3.18. The molecule has 130 valence electrons. The van der Waals surface area contributed by atoms with Crippen molar-refractivity contribution >= 4 is 10.0 Å². The summed E-state index contributed by atoms with van der Waals surface area (Å²) in [6.07, 6.45) is 2.56. The predicted octanol–water partition coefficient (Wildman–Crippen LogP) is 2.68. The number of hydrogen-bond donors (Lipinski definition) is 1. The highest BCUT2D eigenvalue weighted by Crippen LogP contribution is 2.26. The molecule has 0 saturated carbocycles. The Kier molecular flexibility index (Phi) is 5.75. The van der Waals surface area contributed by atoms with Crippen molar-refractivity contribution in [2.45, 2.75) is 38.8 Å². The topological polar surface area (TPSA) is 49.4 Å². The molecule has 0 spiro atoms. The highest BCUT2D eigenvalue weighted by molar-refractivity contribution is 7.88. The van der Waals surface area contributed by atoms with E-state index >= 15 is 0 Å². The molecule has 1 N–H and O–H groups in total. The van der Waals surface area contributed by atoms with Crippen LogP contribution in [-0.2, 0) is 10.0 Å². The van der Waals surface area contributed by atoms with Crippen LogP contribution in [0.25, 0.3) is 0 Å². The predicted molar refractivity (Wildman–Crippen MR) is 86.5 cm³/mol. The number of sulfonamides is 1. The van der Waals surface area contributed by atoms with Crippen LogP contribution in [0.15, 0.2) is 18.2 Å². The molecule has 1 aromatic rings. The van der Waals surface area contributed by atoms with Gasteiger partial charge >= 0.3 is 0 Å². The number of halogens is 2. The molecule has 1 saturated heterocycles. The van der Waals surface area contributed by atoms with Gasteiger partial charge in [-0.05, 0) is 24.8 Å². The van der Waals surface area contributed by atoms with Crippen molar-refractivity contribution in [3.8, 4) is 0 Å². The number of nitrogens with zero attached hydrogens (tertiary/aromatic N) is 1. The first kappa shape index (κ1) is 18.3. The fourth-order valence-electron chi connectivity index (χ4n) is 3.13. The second-order valence-corrected chi connectivity index (χ2v) is 8.27. The summed E-state index contributed by atoms with van der Waals surface area (Å²) in [6, 6.07) is 3.52. The summed E-state index contributed by atoms with van der Waals surface area (Å²) in [7, 11) is -3.18. The van der Waals surface area contributed by atoms with Crippen LogP contribution in [0.5, 0.6) is 0 Å². The van der Waals surface area contributed by atoms with Crippen LogP contribution in [0.3, 0.4) is 0 Å². The standard InChI is InChI=1S/C16H24F2N2O2S/c1-4-15(13-6-5-12(17)9-14(13)18)19-16-7-8-20(10-11(16)2)23(3,21)22/h5-6,9,11,15-16,19H,4,7-8,10H2,1-3H3/t11-,15+,16+/m1/s1. The third-order valence-electron chi connectivity index (χ3n) is 4.50. The van der Waals surface area contributed by atoms with Gasteiger partial charge in [-0.2, -0.15) is 0 Å². The van der Waals surface area contributed by atoms with Crippen LogP contribution in [0.2, 0.25) is 0 Å². The van der Waals surface area contributed by atoms with Gasteiger partial charge in [0, 0.05) is 36.8 Å². The fourth-order valence-corrected chi connectivity index (χ4v) is 4.07. The molecule has 0 aliphatic carbocycles. The number of nitrogens with one attached hydrogen (secondary N) is 1. The Balaban J connectivity index is 2.08. The molecule has 1 heterocycles. The maximum absolute atomic E-state index is 14.0. The van der Waals surface area contributed by atoms with Gasteiger partial charge in [-0.25, -0.2) is 21.5 Å². The maximum Gasteiger partial charge on any atom is 0.211 e. The summed E-state index contributed by atoms with van der Waals surface area (Å²) >= 11 is 0. The Labute approximate surface area is 136 Å². The molecule has 0 aromatic heterocycles. The van der Waals surface area contributed by atoms with E-state index in [2.05, 4.69) is 5.32 Å². The molecule has 0 bridgehead atoms. The molecular weight excluding hydrogens is 322 g/mol. The van der Waals surface area contributed by atoms with Gasteiger partial charge < -0.3 is 5.32 Å². The Hall–Kier alpha value is -1.05. The molecule has 2 rings (SSSR count). The van der Waals surface area contributed by atoms with Gasteiger partial charge in [-0.15, -0.1) is 0 Å². The quantitative estimate of drug-likeness (QED) is 0.892. The molecule has 0 amide bonds. The average molecular weight is 346 g/mol. The lowest BCUT2D eigenvalue weighted by Gasteiger charge is -2.38. The van der Waals surface area contributed by atoms with Gasteiger partial charge in [0.1, 0.15) is 11.6 Å². The zero-order chi connectivity index (χ0) is 17.2. The lowest BCUT2D eigenvalue weighted by Crippen LogP contribution is -2.50. The summed E-state index contributed by atoms with van der Waals surface area (Å²) < 4.78 is 51.8. The average Bonchev–Trinajstić information content (AvgIpc) is 2.46. The van der Waals surface area contributed by atoms with Crippen LogP contribution < -0.4 is 5.32 Å². The number of piperidine rings is 1. The van der Waals surface area contributed by atoms with Gasteiger partial charge in [-0.3, -0.25) is 0 Å². The van der Waals surface area contributed by atoms with Crippen LogP contribution in [-0.4, -0.2) is 38.1 Å². The molecule has 1 fully saturated rings. The van der Waals surface area contributed by atoms with Crippen LogP contribution in [0, 0.1) is 17.6 Å². The summed E-state index contributed by atoms with van der Waals surface area (Å²) in [5.74, 6) is -1.02. The van der Waals surface area contributed by atoms with E-state index in [1.807, 2.05) is 13.8 Å². The molecule has 7 heteroatoms. The first-order valence-corrected chi connectivity index (χ1v) is 9.73. The lowest BCUT2D eigenvalue weighted by atomic mass is 9.92. The Bertz CT molecular complexity index is 651. The van der Waals surface area contributed by atoms with Crippen molar-refractivity contribution in [1.29, 1.82) is 0 Å². The van der Waals surface area contributed by atoms with Crippen LogP contribution >= 0.6 is 0 Å². The van der Waals surface area contributed by atoms with Crippen LogP contribution in [0.4, 0.5) is 8.78 Å². The van der Waals surface area contributed by atoms with E-state index in [9.17, 15) is 17.2 Å². The van der Waals surface area contributed by atoms with Gasteiger partial charge in [0.25, 0.3) is 0 Å². The number of rotatable bonds is 5. The zero-order valence-corrected chi connectivity index (χ0v) is 14.5. The monoisotopic (exact) mass is 346 g/mol. The van der Waals surface area contributed by atoms with Crippen molar-refractivity contribution in [3.05, 3.63) is 35.4 Å². The lowest BCUT2D eigenvalue weighted by molar-refractivity contribution is 0.205. The first-order chi connectivity index (χ1) is 10.7. The second-order valence-electron chi connectivity index (χ2n) is 6.29. The van der Waals surface area contributed by atoms with E-state index in [0.29, 0.717) is 31.5 Å². The van der Waals surface area contributed by atoms with Crippen LogP contribution in [0.1, 0.15) is 38.3 Å². The third-order valence-corrected chi connectivity index (χ3v) is 5.77. The summed E-state index contributed by atoms with van der Waals surface area (Å²) in [5, 5.41) is 3.42. The number of hydrogen-bond acceptors (Lipinski definition) is 3. The molecule has 1 aliphatic rings. The SMILES string of the molecule is CC[C@H](N[C@H]1CCN(S(C)(=O)=O)C[C@H]1C)c1ccc(F)cc1F. The van der Waals surface area contributed by atoms with Crippen molar-refractivity contribution in [1.82, 2.24) is 9.62 Å². The maximum atomic E-state index is 14.0. The van der Waals surface area contributed by atoms with Gasteiger partial charge in [-0.1, -0.05) is 19.9 Å². The van der Waals surface area contributed by atoms with Crippen molar-refractivity contribution < 1.29 is 17.2 Å². The Morgan fingerprint density at radius 1 is 1.39 bits per heavy atom. The first-order valence-electron chi connectivity index (χ1n) is 7.88. The molecule has 1 aromatic carbocycles. The van der Waals surface area contributed by atoms with Crippen molar-refractivity contribution in [3.63, 3.8) is 0 Å². The van der Waals surface area contributed by atoms with Gasteiger partial charge in [0.15, 0.2) is 0 Å². The molecule has 1 aliphatic heterocycles. The molecule has 3 atom stereocenters. The smallest absolute Gasteiger partial charge is 0.211 e. The minimum absolute atomic E-state index is 0.0994. The van der Waals surface area contributed by atoms with Gasteiger partial charge in [0.05, 0.1) is 6.26 Å². The van der Waals surface area contributed by atoms with Crippen molar-refractivity contribution in [2.75, 3.05) is 19.3 Å². The fraction of sp³-hybridized carbons (Fsp3) is 0.625. The van der Waals surface area contributed by atoms with E-state index in [4.69, 9.17) is 0 Å². The third kappa shape index (κ3) is 4.49. The molecule has 4 nitrogen and oxygen atoms in total. The van der Waals surface area contributed by atoms with E-state index in [1.54, 1.807) is 0 Å². The van der Waals surface area contributed by atoms with E-state index in [-0.39, 0.29) is 18.0 Å². The summed E-state index contributed by atoms with van der Waals surface area (Å²) in [4.78, 5) is 0. The molecule has 0 unspecified atom stereocenters. The largest absolute Gasteiger partial charge is 0.307 e. The Morgan fingerprint density at radius 3 is 2.61 bits per heavy atom. The summed E-state index contributed by atoms with van der Waals surface area (Å²) in [6.45, 7) is 4.85. The molecular formula is C16H24F2N2O2S. The highest BCUT2D eigenvalue weighted by Gasteiger charge is 2.31. The van der Waals surface area contributed by atoms with E-state index < -0.39 is 21.7 Å². The zero-order valence-electron chi connectivity index (χ0n) is 13.7. The molecule has 0 radical (unpaired) electrons. The molecule has 23 heavy (non-hydrogen) atoms.